The van der Waals surface area contributed by atoms with Gasteiger partial charge in [0.1, 0.15) is 0 Å². The van der Waals surface area contributed by atoms with Crippen LogP contribution >= 0.6 is 0 Å². The zero-order valence-electron chi connectivity index (χ0n) is 20.4. The maximum atomic E-state index is 13.6. The minimum absolute atomic E-state index is 0.0358. The molecule has 0 saturated carbocycles. The molecule has 1 aliphatic heterocycles. The molecule has 5 rings (SSSR count). The number of likely N-dealkylation sites (tertiary alicyclic amines) is 1. The van der Waals surface area contributed by atoms with Crippen molar-refractivity contribution < 1.29 is 4.79 Å². The summed E-state index contributed by atoms with van der Waals surface area (Å²) in [6.07, 6.45) is 9.12. The number of pyridine rings is 1. The highest BCUT2D eigenvalue weighted by molar-refractivity contribution is 5.89. The van der Waals surface area contributed by atoms with Gasteiger partial charge in [0.25, 0.3) is 0 Å². The molecule has 1 aromatic carbocycles. The number of carbonyl (C=O) groups excluding carboxylic acids is 1. The lowest BCUT2D eigenvalue weighted by atomic mass is 9.72. The van der Waals surface area contributed by atoms with E-state index in [0.717, 1.165) is 37.9 Å². The van der Waals surface area contributed by atoms with Crippen molar-refractivity contribution in [2.45, 2.75) is 64.6 Å². The molecule has 0 bridgehead atoms. The van der Waals surface area contributed by atoms with E-state index in [1.807, 2.05) is 24.1 Å². The quantitative estimate of drug-likeness (QED) is 0.536. The number of hydrogen-bond donors (Lipinski definition) is 0. The minimum Gasteiger partial charge on any atom is -0.345 e. The van der Waals surface area contributed by atoms with E-state index in [1.54, 1.807) is 12.4 Å². The van der Waals surface area contributed by atoms with Crippen LogP contribution in [0.15, 0.2) is 48.9 Å². The molecule has 1 amide bonds. The molecule has 1 aliphatic carbocycles. The molecule has 33 heavy (non-hydrogen) atoms. The number of aromatic nitrogens is 2. The van der Waals surface area contributed by atoms with Gasteiger partial charge in [-0.1, -0.05) is 19.1 Å². The van der Waals surface area contributed by atoms with Gasteiger partial charge in [0.2, 0.25) is 5.91 Å². The average Bonchev–Trinajstić information content (AvgIpc) is 3.20. The van der Waals surface area contributed by atoms with Crippen LogP contribution in [0.5, 0.6) is 0 Å². The standard InChI is InChI=1S/C28H36N4O/c1-5-13-31-17-22(28(33)30(4)16-20-9-11-29-12-10-20)14-24-23-7-6-8-25-27(23)21(15-26(24)31)18-32(25)19(2)3/h6-12,18-19,22,24,26H,5,13-17H2,1-4H3/t22?,24-,26-/m1/s1. The lowest BCUT2D eigenvalue weighted by Gasteiger charge is -2.47. The van der Waals surface area contributed by atoms with E-state index in [2.05, 4.69) is 59.6 Å². The molecule has 0 N–H and O–H groups in total. The van der Waals surface area contributed by atoms with Crippen LogP contribution in [-0.4, -0.2) is 51.4 Å². The van der Waals surface area contributed by atoms with Crippen LogP contribution in [0.2, 0.25) is 0 Å². The lowest BCUT2D eigenvalue weighted by molar-refractivity contribution is -0.137. The molecule has 1 saturated heterocycles. The zero-order valence-corrected chi connectivity index (χ0v) is 20.4. The van der Waals surface area contributed by atoms with Gasteiger partial charge >= 0.3 is 0 Å². The smallest absolute Gasteiger partial charge is 0.227 e. The summed E-state index contributed by atoms with van der Waals surface area (Å²) in [6.45, 7) is 9.33. The van der Waals surface area contributed by atoms with Gasteiger partial charge in [-0.15, -0.1) is 0 Å². The normalized spacial score (nSPS) is 22.5. The highest BCUT2D eigenvalue weighted by atomic mass is 16.2. The second kappa shape index (κ2) is 8.94. The van der Waals surface area contributed by atoms with Crippen molar-refractivity contribution in [3.05, 3.63) is 65.6 Å². The van der Waals surface area contributed by atoms with Gasteiger partial charge in [-0.05, 0) is 74.5 Å². The fourth-order valence-electron chi connectivity index (χ4n) is 6.23. The van der Waals surface area contributed by atoms with E-state index < -0.39 is 0 Å². The van der Waals surface area contributed by atoms with Gasteiger partial charge in [0.15, 0.2) is 0 Å². The molecular weight excluding hydrogens is 408 g/mol. The van der Waals surface area contributed by atoms with Crippen molar-refractivity contribution >= 4 is 16.8 Å². The third-order valence-corrected chi connectivity index (χ3v) is 7.69. The highest BCUT2D eigenvalue weighted by Gasteiger charge is 2.43. The Hall–Kier alpha value is -2.66. The summed E-state index contributed by atoms with van der Waals surface area (Å²) >= 11 is 0. The van der Waals surface area contributed by atoms with Crippen LogP contribution in [0.1, 0.15) is 62.3 Å². The van der Waals surface area contributed by atoms with Crippen molar-refractivity contribution in [1.82, 2.24) is 19.4 Å². The number of nitrogens with zero attached hydrogens (tertiary/aromatic N) is 4. The summed E-state index contributed by atoms with van der Waals surface area (Å²) < 4.78 is 2.43. The Labute approximate surface area is 197 Å². The molecule has 2 aromatic heterocycles. The largest absolute Gasteiger partial charge is 0.345 e. The van der Waals surface area contributed by atoms with Crippen LogP contribution in [-0.2, 0) is 17.8 Å². The second-order valence-corrected chi connectivity index (χ2v) is 10.3. The molecule has 5 nitrogen and oxygen atoms in total. The lowest BCUT2D eigenvalue weighted by Crippen LogP contribution is -2.53. The highest BCUT2D eigenvalue weighted by Crippen LogP contribution is 2.46. The van der Waals surface area contributed by atoms with Gasteiger partial charge < -0.3 is 9.47 Å². The number of amides is 1. The third-order valence-electron chi connectivity index (χ3n) is 7.69. The Bertz CT molecular complexity index is 1140. The molecule has 3 aromatic rings. The van der Waals surface area contributed by atoms with Gasteiger partial charge in [0, 0.05) is 67.6 Å². The molecule has 3 atom stereocenters. The number of benzene rings is 1. The molecule has 174 valence electrons. The van der Waals surface area contributed by atoms with Gasteiger partial charge in [0.05, 0.1) is 5.92 Å². The SMILES string of the molecule is CCCN1CC(C(=O)N(C)Cc2ccncc2)C[C@@H]2c3cccc4c3c(cn4C(C)C)C[C@H]21. The summed E-state index contributed by atoms with van der Waals surface area (Å²) in [5, 5.41) is 1.45. The summed E-state index contributed by atoms with van der Waals surface area (Å²) in [5.74, 6) is 0.713. The molecular formula is C28H36N4O. The van der Waals surface area contributed by atoms with E-state index in [0.29, 0.717) is 24.5 Å². The van der Waals surface area contributed by atoms with E-state index in [4.69, 9.17) is 0 Å². The van der Waals surface area contributed by atoms with Crippen molar-refractivity contribution in [3.8, 4) is 0 Å². The Balaban J connectivity index is 1.46. The zero-order chi connectivity index (χ0) is 23.1. The van der Waals surface area contributed by atoms with Gasteiger partial charge in [-0.2, -0.15) is 0 Å². The van der Waals surface area contributed by atoms with Gasteiger partial charge in [-0.25, -0.2) is 0 Å². The Kier molecular flexibility index (Phi) is 6.00. The maximum absolute atomic E-state index is 13.6. The van der Waals surface area contributed by atoms with Crippen LogP contribution in [0, 0.1) is 5.92 Å². The molecule has 0 radical (unpaired) electrons. The summed E-state index contributed by atoms with van der Waals surface area (Å²) in [7, 11) is 1.95. The van der Waals surface area contributed by atoms with E-state index in [-0.39, 0.29) is 11.8 Å². The van der Waals surface area contributed by atoms with E-state index >= 15 is 0 Å². The summed E-state index contributed by atoms with van der Waals surface area (Å²) in [4.78, 5) is 22.2. The van der Waals surface area contributed by atoms with E-state index in [9.17, 15) is 4.79 Å². The molecule has 1 unspecified atom stereocenters. The first-order valence-corrected chi connectivity index (χ1v) is 12.5. The minimum atomic E-state index is 0.0358. The van der Waals surface area contributed by atoms with Crippen LogP contribution in [0.25, 0.3) is 10.9 Å². The number of piperidine rings is 1. The molecule has 0 spiro atoms. The van der Waals surface area contributed by atoms with Crippen molar-refractivity contribution in [1.29, 1.82) is 0 Å². The maximum Gasteiger partial charge on any atom is 0.227 e. The fraction of sp³-hybridized carbons (Fsp3) is 0.500. The topological polar surface area (TPSA) is 41.4 Å². The molecule has 2 aliphatic rings. The Morgan fingerprint density at radius 3 is 2.73 bits per heavy atom. The summed E-state index contributed by atoms with van der Waals surface area (Å²) in [5.41, 5.74) is 5.41. The second-order valence-electron chi connectivity index (χ2n) is 10.3. The summed E-state index contributed by atoms with van der Waals surface area (Å²) in [6, 6.07) is 11.7. The number of rotatable bonds is 6. The van der Waals surface area contributed by atoms with Crippen molar-refractivity contribution in [3.63, 3.8) is 0 Å². The number of fused-ring (bicyclic) bond motifs is 2. The average molecular weight is 445 g/mol. The van der Waals surface area contributed by atoms with Crippen LogP contribution < -0.4 is 0 Å². The first-order chi connectivity index (χ1) is 16.0. The van der Waals surface area contributed by atoms with E-state index in [1.165, 1.54) is 22.0 Å². The molecule has 3 heterocycles. The predicted molar refractivity (Wildman–Crippen MR) is 133 cm³/mol. The van der Waals surface area contributed by atoms with Crippen LogP contribution in [0.4, 0.5) is 0 Å². The first kappa shape index (κ1) is 22.1. The van der Waals surface area contributed by atoms with Crippen molar-refractivity contribution in [2.75, 3.05) is 20.1 Å². The monoisotopic (exact) mass is 444 g/mol. The number of hydrogen-bond acceptors (Lipinski definition) is 3. The molecule has 1 fully saturated rings. The van der Waals surface area contributed by atoms with Crippen LogP contribution in [0.3, 0.4) is 0 Å². The van der Waals surface area contributed by atoms with Gasteiger partial charge in [-0.3, -0.25) is 14.7 Å². The number of carbonyl (C=O) groups is 1. The third kappa shape index (κ3) is 3.97. The fourth-order valence-corrected chi connectivity index (χ4v) is 6.23. The predicted octanol–water partition coefficient (Wildman–Crippen LogP) is 5.02. The Morgan fingerprint density at radius 1 is 1.21 bits per heavy atom. The van der Waals surface area contributed by atoms with Crippen molar-refractivity contribution in [2.24, 2.45) is 5.92 Å². The Morgan fingerprint density at radius 2 is 2.00 bits per heavy atom. The first-order valence-electron chi connectivity index (χ1n) is 12.5. The molecule has 5 heteroatoms.